The topological polar surface area (TPSA) is 96.4 Å². The number of sulfonamides is 1. The van der Waals surface area contributed by atoms with E-state index in [1.165, 1.54) is 4.31 Å². The predicted molar refractivity (Wildman–Crippen MR) is 133 cm³/mol. The third kappa shape index (κ3) is 5.69. The summed E-state index contributed by atoms with van der Waals surface area (Å²) in [4.78, 5) is 14.9. The number of likely N-dealkylation sites (tertiary alicyclic amines) is 1. The smallest absolute Gasteiger partial charge is 0.254 e. The molecule has 0 bridgehead atoms. The highest BCUT2D eigenvalue weighted by Gasteiger charge is 2.38. The molecule has 2 fully saturated rings. The van der Waals surface area contributed by atoms with Crippen LogP contribution in [0.4, 0.5) is 0 Å². The van der Waals surface area contributed by atoms with Gasteiger partial charge in [-0.15, -0.1) is 0 Å². The number of carbonyl (C=O) groups excluding carboxylic acids is 1. The minimum atomic E-state index is -3.55. The van der Waals surface area contributed by atoms with Crippen LogP contribution < -0.4 is 4.74 Å². The van der Waals surface area contributed by atoms with Crippen LogP contribution in [0.25, 0.3) is 0 Å². The van der Waals surface area contributed by atoms with Crippen LogP contribution in [0.5, 0.6) is 5.75 Å². The van der Waals surface area contributed by atoms with Gasteiger partial charge in [0, 0.05) is 25.3 Å². The summed E-state index contributed by atoms with van der Waals surface area (Å²) in [5, 5.41) is 9.51. The number of benzene rings is 2. The monoisotopic (exact) mass is 502 g/mol. The third-order valence-corrected chi connectivity index (χ3v) is 8.75. The molecule has 3 atom stereocenters. The van der Waals surface area contributed by atoms with Gasteiger partial charge in [-0.2, -0.15) is 4.31 Å². The molecule has 1 unspecified atom stereocenters. The van der Waals surface area contributed by atoms with Crippen molar-refractivity contribution in [3.8, 4) is 5.75 Å². The first-order chi connectivity index (χ1) is 16.7. The van der Waals surface area contributed by atoms with Gasteiger partial charge in [0.1, 0.15) is 18.0 Å². The fraction of sp³-hybridized carbons (Fsp3) is 0.500. The molecular formula is C26H34N2O6S. The van der Waals surface area contributed by atoms with E-state index < -0.39 is 10.0 Å². The molecule has 4 rings (SSSR count). The van der Waals surface area contributed by atoms with Gasteiger partial charge in [0.25, 0.3) is 5.91 Å². The lowest BCUT2D eigenvalue weighted by atomic mass is 10.0. The molecule has 2 aromatic rings. The first-order valence-electron chi connectivity index (χ1n) is 12.0. The largest absolute Gasteiger partial charge is 0.486 e. The minimum Gasteiger partial charge on any atom is -0.486 e. The van der Waals surface area contributed by atoms with Crippen LogP contribution in [0, 0.1) is 13.8 Å². The molecule has 8 nitrogen and oxygen atoms in total. The highest BCUT2D eigenvalue weighted by Crippen LogP contribution is 2.27. The summed E-state index contributed by atoms with van der Waals surface area (Å²) in [6.07, 6.45) is 0.756. The number of amides is 1. The molecule has 1 N–H and O–H groups in total. The van der Waals surface area contributed by atoms with E-state index in [1.807, 2.05) is 32.0 Å². The molecule has 2 aromatic carbocycles. The SMILES string of the molecule is CO[C@@H]1CN(C(=O)c2cc(C)ccc2C)C[C@H]1Oc1cccc(CS(=O)(=O)N2CCCC2CO)c1. The van der Waals surface area contributed by atoms with E-state index in [0.29, 0.717) is 42.9 Å². The van der Waals surface area contributed by atoms with Crippen molar-refractivity contribution in [1.82, 2.24) is 9.21 Å². The number of hydrogen-bond acceptors (Lipinski definition) is 6. The van der Waals surface area contributed by atoms with Crippen molar-refractivity contribution in [3.05, 3.63) is 64.7 Å². The molecule has 2 saturated heterocycles. The van der Waals surface area contributed by atoms with Gasteiger partial charge in [-0.05, 0) is 56.0 Å². The number of aliphatic hydroxyl groups excluding tert-OH is 1. The van der Waals surface area contributed by atoms with Crippen molar-refractivity contribution in [1.29, 1.82) is 0 Å². The zero-order valence-corrected chi connectivity index (χ0v) is 21.3. The number of ether oxygens (including phenoxy) is 2. The van der Waals surface area contributed by atoms with Gasteiger partial charge in [-0.1, -0.05) is 29.8 Å². The van der Waals surface area contributed by atoms with E-state index in [-0.39, 0.29) is 36.5 Å². The number of hydrogen-bond donors (Lipinski definition) is 1. The normalized spacial score (nSPS) is 23.1. The molecule has 9 heteroatoms. The molecule has 2 aliphatic rings. The van der Waals surface area contributed by atoms with Crippen molar-refractivity contribution in [3.63, 3.8) is 0 Å². The van der Waals surface area contributed by atoms with Gasteiger partial charge in [0.2, 0.25) is 10.0 Å². The Morgan fingerprint density at radius 1 is 1.11 bits per heavy atom. The standard InChI is InChI=1S/C26H34N2O6S/c1-18-9-10-19(2)23(12-18)26(30)27-14-24(33-3)25(15-27)34-22-8-4-6-20(13-22)17-35(31,32)28-11-5-7-21(28)16-29/h4,6,8-10,12-13,21,24-25,29H,5,7,11,14-17H2,1-3H3/t21?,24-,25-/m1/s1. The van der Waals surface area contributed by atoms with E-state index in [0.717, 1.165) is 17.5 Å². The maximum absolute atomic E-state index is 13.2. The van der Waals surface area contributed by atoms with Gasteiger partial charge in [0.05, 0.1) is 25.4 Å². The molecule has 2 aliphatic heterocycles. The average molecular weight is 503 g/mol. The summed E-state index contributed by atoms with van der Waals surface area (Å²) >= 11 is 0. The van der Waals surface area contributed by atoms with Crippen molar-refractivity contribution in [2.45, 2.75) is 50.7 Å². The van der Waals surface area contributed by atoms with Gasteiger partial charge < -0.3 is 19.5 Å². The molecule has 0 spiro atoms. The second-order valence-electron chi connectivity index (χ2n) is 9.45. The Hall–Kier alpha value is -2.46. The molecule has 0 radical (unpaired) electrons. The van der Waals surface area contributed by atoms with E-state index in [9.17, 15) is 18.3 Å². The Kier molecular flexibility index (Phi) is 7.80. The lowest BCUT2D eigenvalue weighted by molar-refractivity contribution is 0.0339. The fourth-order valence-corrected chi connectivity index (χ4v) is 6.72. The van der Waals surface area contributed by atoms with Crippen molar-refractivity contribution >= 4 is 15.9 Å². The lowest BCUT2D eigenvalue weighted by Crippen LogP contribution is -2.38. The van der Waals surface area contributed by atoms with Crippen molar-refractivity contribution in [2.75, 3.05) is 33.4 Å². The molecule has 35 heavy (non-hydrogen) atoms. The molecule has 0 aromatic heterocycles. The second-order valence-corrected chi connectivity index (χ2v) is 11.4. The molecule has 2 heterocycles. The van der Waals surface area contributed by atoms with E-state index in [2.05, 4.69) is 0 Å². The van der Waals surface area contributed by atoms with Crippen LogP contribution in [0.1, 0.15) is 39.9 Å². The summed E-state index contributed by atoms with van der Waals surface area (Å²) in [5.41, 5.74) is 3.24. The van der Waals surface area contributed by atoms with Gasteiger partial charge in [-0.3, -0.25) is 4.79 Å². The first-order valence-corrected chi connectivity index (χ1v) is 13.6. The predicted octanol–water partition coefficient (Wildman–Crippen LogP) is 2.51. The maximum Gasteiger partial charge on any atom is 0.254 e. The third-order valence-electron chi connectivity index (χ3n) is 6.85. The zero-order chi connectivity index (χ0) is 25.2. The van der Waals surface area contributed by atoms with Crippen LogP contribution in [0.2, 0.25) is 0 Å². The Labute approximate surface area is 207 Å². The number of aryl methyl sites for hydroxylation is 2. The van der Waals surface area contributed by atoms with Crippen LogP contribution in [-0.2, 0) is 20.5 Å². The zero-order valence-electron chi connectivity index (χ0n) is 20.5. The van der Waals surface area contributed by atoms with E-state index in [1.54, 1.807) is 36.3 Å². The highest BCUT2D eigenvalue weighted by atomic mass is 32.2. The lowest BCUT2D eigenvalue weighted by Gasteiger charge is -2.23. The Balaban J connectivity index is 1.45. The van der Waals surface area contributed by atoms with Crippen LogP contribution in [0.15, 0.2) is 42.5 Å². The quantitative estimate of drug-likeness (QED) is 0.596. The second kappa shape index (κ2) is 10.7. The van der Waals surface area contributed by atoms with E-state index >= 15 is 0 Å². The van der Waals surface area contributed by atoms with Crippen LogP contribution in [0.3, 0.4) is 0 Å². The Morgan fingerprint density at radius 3 is 2.63 bits per heavy atom. The maximum atomic E-state index is 13.2. The number of aliphatic hydroxyl groups is 1. The minimum absolute atomic E-state index is 0.0526. The summed E-state index contributed by atoms with van der Waals surface area (Å²) in [6, 6.07) is 12.5. The average Bonchev–Trinajstić information content (AvgIpc) is 3.47. The number of nitrogens with zero attached hydrogens (tertiary/aromatic N) is 2. The summed E-state index contributed by atoms with van der Waals surface area (Å²) in [5.74, 6) is 0.324. The highest BCUT2D eigenvalue weighted by molar-refractivity contribution is 7.88. The summed E-state index contributed by atoms with van der Waals surface area (Å²) in [7, 11) is -1.95. The summed E-state index contributed by atoms with van der Waals surface area (Å²) < 4.78 is 39.1. The molecule has 190 valence electrons. The fourth-order valence-electron chi connectivity index (χ4n) is 4.92. The Bertz CT molecular complexity index is 1170. The first kappa shape index (κ1) is 25.6. The van der Waals surface area contributed by atoms with Crippen LogP contribution >= 0.6 is 0 Å². The molecule has 0 saturated carbocycles. The van der Waals surface area contributed by atoms with Gasteiger partial charge in [-0.25, -0.2) is 8.42 Å². The number of rotatable bonds is 8. The molecule has 0 aliphatic carbocycles. The van der Waals surface area contributed by atoms with Crippen molar-refractivity contribution in [2.24, 2.45) is 0 Å². The van der Waals surface area contributed by atoms with Gasteiger partial charge in [0.15, 0.2) is 0 Å². The molecular weight excluding hydrogens is 468 g/mol. The Morgan fingerprint density at radius 2 is 1.89 bits per heavy atom. The summed E-state index contributed by atoms with van der Waals surface area (Å²) in [6.45, 7) is 4.95. The van der Waals surface area contributed by atoms with Gasteiger partial charge >= 0.3 is 0 Å². The van der Waals surface area contributed by atoms with Crippen LogP contribution in [-0.4, -0.2) is 80.2 Å². The molecule has 1 amide bonds. The van der Waals surface area contributed by atoms with E-state index in [4.69, 9.17) is 9.47 Å². The van der Waals surface area contributed by atoms with Crippen molar-refractivity contribution < 1.29 is 27.8 Å². The number of carbonyl (C=O) groups is 1. The number of methoxy groups -OCH3 is 1.